The number of ether oxygens (including phenoxy) is 1. The molecule has 1 amide bonds. The molecule has 0 saturated carbocycles. The van der Waals surface area contributed by atoms with Crippen LogP contribution in [-0.2, 0) is 16.6 Å². The zero-order valence-electron chi connectivity index (χ0n) is 23.3. The quantitative estimate of drug-likeness (QED) is 0.173. The van der Waals surface area contributed by atoms with E-state index in [1.807, 2.05) is 24.1 Å². The second-order valence-electron chi connectivity index (χ2n) is 9.20. The third kappa shape index (κ3) is 8.28. The zero-order chi connectivity index (χ0) is 30.1. The van der Waals surface area contributed by atoms with E-state index in [1.165, 1.54) is 13.3 Å². The molecule has 220 valence electrons. The third-order valence-electron chi connectivity index (χ3n) is 6.03. The van der Waals surface area contributed by atoms with Gasteiger partial charge in [-0.1, -0.05) is 29.8 Å². The first-order valence-electron chi connectivity index (χ1n) is 12.8. The summed E-state index contributed by atoms with van der Waals surface area (Å²) in [5.41, 5.74) is 2.78. The number of methoxy groups -OCH3 is 1. The lowest BCUT2D eigenvalue weighted by molar-refractivity contribution is 0.0964. The van der Waals surface area contributed by atoms with Crippen molar-refractivity contribution in [1.82, 2.24) is 25.2 Å². The monoisotopic (exact) mass is 610 g/mol. The number of pyridine rings is 1. The molecule has 0 atom stereocenters. The molecule has 0 aliphatic carbocycles. The molecule has 2 aromatic heterocycles. The number of nitrogens with zero attached hydrogens (tertiary/aromatic N) is 4. The van der Waals surface area contributed by atoms with E-state index in [1.54, 1.807) is 61.9 Å². The maximum absolute atomic E-state index is 12.8. The van der Waals surface area contributed by atoms with Crippen LogP contribution in [0.5, 0.6) is 5.75 Å². The highest BCUT2D eigenvalue weighted by molar-refractivity contribution is 7.92. The molecular formula is C28H31ClN8O4S. The second kappa shape index (κ2) is 13.9. The first-order chi connectivity index (χ1) is 20.2. The van der Waals surface area contributed by atoms with Crippen LogP contribution in [0.15, 0.2) is 73.2 Å². The molecule has 0 aliphatic heterocycles. The molecule has 2 aromatic carbocycles. The van der Waals surface area contributed by atoms with Gasteiger partial charge >= 0.3 is 0 Å². The molecule has 42 heavy (non-hydrogen) atoms. The summed E-state index contributed by atoms with van der Waals surface area (Å²) in [6, 6.07) is 15.6. The highest BCUT2D eigenvalue weighted by Gasteiger charge is 2.16. The summed E-state index contributed by atoms with van der Waals surface area (Å²) in [6.07, 6.45) is 4.87. The lowest BCUT2D eigenvalue weighted by Gasteiger charge is -2.17. The van der Waals surface area contributed by atoms with Gasteiger partial charge in [0.25, 0.3) is 5.91 Å². The number of para-hydroxylation sites is 1. The van der Waals surface area contributed by atoms with Gasteiger partial charge in [-0.25, -0.2) is 13.4 Å². The zero-order valence-corrected chi connectivity index (χ0v) is 24.8. The van der Waals surface area contributed by atoms with Gasteiger partial charge in [-0.05, 0) is 42.9 Å². The minimum Gasteiger partial charge on any atom is -0.494 e. The maximum atomic E-state index is 12.8. The number of halogens is 1. The molecule has 0 spiro atoms. The fraction of sp³-hybridized carbons (Fsp3) is 0.214. The second-order valence-corrected chi connectivity index (χ2v) is 11.4. The molecule has 0 aliphatic rings. The average molecular weight is 611 g/mol. The molecule has 0 fully saturated rings. The van der Waals surface area contributed by atoms with Crippen LogP contribution in [0, 0.1) is 0 Å². The average Bonchev–Trinajstić information content (AvgIpc) is 2.99. The Morgan fingerprint density at radius 1 is 1.05 bits per heavy atom. The summed E-state index contributed by atoms with van der Waals surface area (Å²) in [7, 11) is 1.24. The number of aromatic nitrogens is 3. The molecule has 4 rings (SSSR count). The van der Waals surface area contributed by atoms with E-state index >= 15 is 0 Å². The molecule has 0 saturated heterocycles. The number of hydrogen-bond acceptors (Lipinski definition) is 10. The van der Waals surface area contributed by atoms with Gasteiger partial charge in [0, 0.05) is 38.6 Å². The molecule has 0 radical (unpaired) electrons. The van der Waals surface area contributed by atoms with Crippen molar-refractivity contribution in [2.75, 3.05) is 48.9 Å². The van der Waals surface area contributed by atoms with Gasteiger partial charge in [0.15, 0.2) is 5.82 Å². The van der Waals surface area contributed by atoms with Crippen molar-refractivity contribution < 1.29 is 17.9 Å². The normalized spacial score (nSPS) is 11.2. The van der Waals surface area contributed by atoms with Crippen molar-refractivity contribution in [3.05, 3.63) is 89.3 Å². The van der Waals surface area contributed by atoms with Gasteiger partial charge in [-0.15, -0.1) is 0 Å². The van der Waals surface area contributed by atoms with Crippen LogP contribution in [-0.4, -0.2) is 67.7 Å². The topological polar surface area (TPSA) is 150 Å². The summed E-state index contributed by atoms with van der Waals surface area (Å²) >= 11 is 6.33. The van der Waals surface area contributed by atoms with E-state index in [9.17, 15) is 13.2 Å². The summed E-state index contributed by atoms with van der Waals surface area (Å²) < 4.78 is 33.6. The molecule has 0 unspecified atom stereocenters. The molecule has 0 bridgehead atoms. The Hall–Kier alpha value is -4.46. The number of amides is 1. The van der Waals surface area contributed by atoms with Gasteiger partial charge in [-0.3, -0.25) is 14.5 Å². The predicted octanol–water partition coefficient (Wildman–Crippen LogP) is 4.25. The summed E-state index contributed by atoms with van der Waals surface area (Å²) in [4.78, 5) is 26.9. The van der Waals surface area contributed by atoms with Crippen molar-refractivity contribution in [3.8, 4) is 5.75 Å². The Labute approximate surface area is 249 Å². The van der Waals surface area contributed by atoms with Crippen molar-refractivity contribution in [2.24, 2.45) is 0 Å². The third-order valence-corrected chi connectivity index (χ3v) is 7.58. The standard InChI is InChI=1S/C28H31ClN8O4S/c1-30-27(38)21-8-4-5-9-23(21)33-26-22(29)17-32-28(35-26)34-24-11-10-20(15-25(24)41-3)36-42(39,40)14-13-37(2)18-19-7-6-12-31-16-19/h4-12,15-17,36H,13-14,18H2,1-3H3,(H,30,38)(H2,32,33,34,35). The molecule has 14 heteroatoms. The summed E-state index contributed by atoms with van der Waals surface area (Å²) in [5.74, 6) is 0.481. The van der Waals surface area contributed by atoms with Crippen LogP contribution in [0.4, 0.5) is 28.8 Å². The first kappa shape index (κ1) is 30.5. The van der Waals surface area contributed by atoms with Crippen LogP contribution in [0.2, 0.25) is 5.02 Å². The van der Waals surface area contributed by atoms with E-state index in [4.69, 9.17) is 16.3 Å². The lowest BCUT2D eigenvalue weighted by atomic mass is 10.1. The minimum absolute atomic E-state index is 0.0937. The Morgan fingerprint density at radius 2 is 1.86 bits per heavy atom. The van der Waals surface area contributed by atoms with Crippen LogP contribution in [0.1, 0.15) is 15.9 Å². The van der Waals surface area contributed by atoms with Gasteiger partial charge in [0.05, 0.1) is 41.7 Å². The van der Waals surface area contributed by atoms with Gasteiger partial charge in [-0.2, -0.15) is 4.98 Å². The van der Waals surface area contributed by atoms with E-state index in [2.05, 4.69) is 35.6 Å². The van der Waals surface area contributed by atoms with Crippen LogP contribution in [0.25, 0.3) is 0 Å². The van der Waals surface area contributed by atoms with Crippen LogP contribution in [0.3, 0.4) is 0 Å². The molecule has 4 N–H and O–H groups in total. The number of anilines is 5. The SMILES string of the molecule is CNC(=O)c1ccccc1Nc1nc(Nc2ccc(NS(=O)(=O)CCN(C)Cc3cccnc3)cc2OC)ncc1Cl. The number of benzene rings is 2. The Bertz CT molecular complexity index is 1640. The smallest absolute Gasteiger partial charge is 0.253 e. The Balaban J connectivity index is 1.43. The Kier molecular flexibility index (Phi) is 10.1. The fourth-order valence-electron chi connectivity index (χ4n) is 3.93. The summed E-state index contributed by atoms with van der Waals surface area (Å²) in [5, 5.41) is 8.99. The summed E-state index contributed by atoms with van der Waals surface area (Å²) in [6.45, 7) is 0.918. The van der Waals surface area contributed by atoms with E-state index in [-0.39, 0.29) is 28.4 Å². The van der Waals surface area contributed by atoms with Gasteiger partial charge in [0.1, 0.15) is 10.8 Å². The molecule has 4 aromatic rings. The van der Waals surface area contributed by atoms with E-state index in [0.717, 1.165) is 5.56 Å². The molecule has 2 heterocycles. The number of carbonyl (C=O) groups excluding carboxylic acids is 1. The largest absolute Gasteiger partial charge is 0.494 e. The van der Waals surface area contributed by atoms with E-state index < -0.39 is 10.0 Å². The van der Waals surface area contributed by atoms with Crippen molar-refractivity contribution in [1.29, 1.82) is 0 Å². The van der Waals surface area contributed by atoms with Crippen LogP contribution < -0.4 is 25.4 Å². The number of nitrogens with one attached hydrogen (secondary N) is 4. The fourth-order valence-corrected chi connectivity index (χ4v) is 5.21. The van der Waals surface area contributed by atoms with Gasteiger partial charge in [0.2, 0.25) is 16.0 Å². The van der Waals surface area contributed by atoms with Crippen molar-refractivity contribution >= 4 is 56.4 Å². The number of hydrogen-bond donors (Lipinski definition) is 4. The van der Waals surface area contributed by atoms with Crippen LogP contribution >= 0.6 is 11.6 Å². The highest BCUT2D eigenvalue weighted by Crippen LogP contribution is 2.32. The maximum Gasteiger partial charge on any atom is 0.253 e. The number of rotatable bonds is 13. The first-order valence-corrected chi connectivity index (χ1v) is 14.8. The lowest BCUT2D eigenvalue weighted by Crippen LogP contribution is -2.28. The van der Waals surface area contributed by atoms with E-state index in [0.29, 0.717) is 41.5 Å². The molecular weight excluding hydrogens is 580 g/mol. The highest BCUT2D eigenvalue weighted by atomic mass is 35.5. The van der Waals surface area contributed by atoms with Gasteiger partial charge < -0.3 is 25.6 Å². The predicted molar refractivity (Wildman–Crippen MR) is 164 cm³/mol. The number of sulfonamides is 1. The number of carbonyl (C=O) groups is 1. The molecule has 12 nitrogen and oxygen atoms in total. The van der Waals surface area contributed by atoms with Crippen molar-refractivity contribution in [3.63, 3.8) is 0 Å². The Morgan fingerprint density at radius 3 is 2.60 bits per heavy atom. The minimum atomic E-state index is -3.63. The van der Waals surface area contributed by atoms with Crippen molar-refractivity contribution in [2.45, 2.75) is 6.54 Å².